The molecule has 7 heteroatoms. The summed E-state index contributed by atoms with van der Waals surface area (Å²) in [4.78, 5) is 28.1. The Kier molecular flexibility index (Phi) is 4.49. The van der Waals surface area contributed by atoms with Gasteiger partial charge in [-0.15, -0.1) is 0 Å². The van der Waals surface area contributed by atoms with Gasteiger partial charge in [0, 0.05) is 26.2 Å². The zero-order valence-electron chi connectivity index (χ0n) is 13.1. The quantitative estimate of drug-likeness (QED) is 0.759. The van der Waals surface area contributed by atoms with Crippen LogP contribution in [0.25, 0.3) is 0 Å². The average Bonchev–Trinajstić information content (AvgIpc) is 2.58. The third-order valence-corrected chi connectivity index (χ3v) is 4.39. The molecule has 2 fully saturated rings. The SMILES string of the molecule is COc1cccc(CN2CCN3C(=O)[C@@H](CO)NC(=O)[C@H]3C2)c1. The summed E-state index contributed by atoms with van der Waals surface area (Å²) in [6.45, 7) is 2.03. The van der Waals surface area contributed by atoms with Gasteiger partial charge in [-0.3, -0.25) is 14.5 Å². The Hall–Kier alpha value is -2.12. The highest BCUT2D eigenvalue weighted by Gasteiger charge is 2.42. The zero-order chi connectivity index (χ0) is 16.4. The Morgan fingerprint density at radius 1 is 1.35 bits per heavy atom. The first kappa shape index (κ1) is 15.8. The van der Waals surface area contributed by atoms with Crippen molar-refractivity contribution in [2.75, 3.05) is 33.4 Å². The summed E-state index contributed by atoms with van der Waals surface area (Å²) in [6, 6.07) is 6.54. The van der Waals surface area contributed by atoms with Gasteiger partial charge < -0.3 is 20.1 Å². The molecule has 2 N–H and O–H groups in total. The van der Waals surface area contributed by atoms with Gasteiger partial charge in [0.25, 0.3) is 0 Å². The van der Waals surface area contributed by atoms with Crippen LogP contribution in [0.1, 0.15) is 5.56 Å². The molecule has 1 aromatic carbocycles. The van der Waals surface area contributed by atoms with Gasteiger partial charge in [0.2, 0.25) is 11.8 Å². The molecule has 1 aromatic rings. The summed E-state index contributed by atoms with van der Waals surface area (Å²) in [5.41, 5.74) is 1.11. The van der Waals surface area contributed by atoms with Crippen LogP contribution in [0, 0.1) is 0 Å². The lowest BCUT2D eigenvalue weighted by Crippen LogP contribution is -2.69. The molecule has 0 bridgehead atoms. The fourth-order valence-electron chi connectivity index (χ4n) is 3.15. The number of aliphatic hydroxyl groups excluding tert-OH is 1. The second-order valence-electron chi connectivity index (χ2n) is 5.88. The van der Waals surface area contributed by atoms with Crippen molar-refractivity contribution >= 4 is 11.8 Å². The van der Waals surface area contributed by atoms with E-state index in [-0.39, 0.29) is 18.4 Å². The Balaban J connectivity index is 1.68. The van der Waals surface area contributed by atoms with Crippen LogP contribution in [0.4, 0.5) is 0 Å². The Morgan fingerprint density at radius 3 is 2.91 bits per heavy atom. The lowest BCUT2D eigenvalue weighted by Gasteiger charge is -2.45. The number of amides is 2. The van der Waals surface area contributed by atoms with Crippen molar-refractivity contribution in [3.8, 4) is 5.75 Å². The summed E-state index contributed by atoms with van der Waals surface area (Å²) in [5, 5.41) is 11.8. The summed E-state index contributed by atoms with van der Waals surface area (Å²) in [7, 11) is 1.63. The predicted octanol–water partition coefficient (Wildman–Crippen LogP) is -0.801. The van der Waals surface area contributed by atoms with Gasteiger partial charge in [-0.25, -0.2) is 0 Å². The van der Waals surface area contributed by atoms with Gasteiger partial charge >= 0.3 is 0 Å². The molecule has 0 spiro atoms. The maximum atomic E-state index is 12.2. The molecule has 2 saturated heterocycles. The first-order valence-corrected chi connectivity index (χ1v) is 7.69. The van der Waals surface area contributed by atoms with Crippen LogP contribution in [0.5, 0.6) is 5.75 Å². The molecule has 2 atom stereocenters. The van der Waals surface area contributed by atoms with E-state index in [0.717, 1.165) is 11.3 Å². The summed E-state index contributed by atoms with van der Waals surface area (Å²) < 4.78 is 5.23. The van der Waals surface area contributed by atoms with E-state index in [4.69, 9.17) is 4.74 Å². The first-order chi connectivity index (χ1) is 11.1. The molecule has 7 nitrogen and oxygen atoms in total. The first-order valence-electron chi connectivity index (χ1n) is 7.69. The summed E-state index contributed by atoms with van der Waals surface area (Å²) >= 11 is 0. The molecule has 0 unspecified atom stereocenters. The van der Waals surface area contributed by atoms with Gasteiger partial charge in [0.15, 0.2) is 0 Å². The minimum atomic E-state index is -0.802. The Morgan fingerprint density at radius 2 is 2.17 bits per heavy atom. The second-order valence-corrected chi connectivity index (χ2v) is 5.88. The number of nitrogens with zero attached hydrogens (tertiary/aromatic N) is 2. The topological polar surface area (TPSA) is 82.1 Å². The van der Waals surface area contributed by atoms with Crippen LogP contribution in [0.2, 0.25) is 0 Å². The number of piperazine rings is 2. The van der Waals surface area contributed by atoms with E-state index in [1.54, 1.807) is 12.0 Å². The molecule has 3 rings (SSSR count). The standard InChI is InChI=1S/C16H21N3O4/c1-23-12-4-2-3-11(7-12)8-18-5-6-19-14(9-18)15(21)17-13(10-20)16(19)22/h2-4,7,13-14,20H,5-6,8-10H2,1H3,(H,17,21)/t13-,14-/m1/s1. The molecule has 124 valence electrons. The maximum absolute atomic E-state index is 12.2. The third-order valence-electron chi connectivity index (χ3n) is 4.39. The van der Waals surface area contributed by atoms with Crippen molar-refractivity contribution < 1.29 is 19.4 Å². The van der Waals surface area contributed by atoms with Crippen molar-refractivity contribution in [3.05, 3.63) is 29.8 Å². The van der Waals surface area contributed by atoms with Crippen molar-refractivity contribution in [2.24, 2.45) is 0 Å². The minimum Gasteiger partial charge on any atom is -0.497 e. The molecule has 2 heterocycles. The maximum Gasteiger partial charge on any atom is 0.248 e. The van der Waals surface area contributed by atoms with Gasteiger partial charge in [-0.2, -0.15) is 0 Å². The molecule has 2 amide bonds. The highest BCUT2D eigenvalue weighted by atomic mass is 16.5. The number of rotatable bonds is 4. The Labute approximate surface area is 134 Å². The van der Waals surface area contributed by atoms with Gasteiger partial charge in [-0.05, 0) is 17.7 Å². The van der Waals surface area contributed by atoms with Gasteiger partial charge in [0.05, 0.1) is 13.7 Å². The number of hydrogen-bond acceptors (Lipinski definition) is 5. The lowest BCUT2D eigenvalue weighted by molar-refractivity contribution is -0.154. The van der Waals surface area contributed by atoms with Gasteiger partial charge in [0.1, 0.15) is 17.8 Å². The lowest BCUT2D eigenvalue weighted by atomic mass is 10.0. The number of ether oxygens (including phenoxy) is 1. The van der Waals surface area contributed by atoms with E-state index in [9.17, 15) is 14.7 Å². The molecule has 0 aromatic heterocycles. The molecule has 2 aliphatic heterocycles. The van der Waals surface area contributed by atoms with E-state index in [1.165, 1.54) is 0 Å². The number of methoxy groups -OCH3 is 1. The van der Waals surface area contributed by atoms with E-state index < -0.39 is 12.1 Å². The largest absolute Gasteiger partial charge is 0.497 e. The molecule has 0 aliphatic carbocycles. The van der Waals surface area contributed by atoms with Crippen molar-refractivity contribution in [1.29, 1.82) is 0 Å². The fraction of sp³-hybridized carbons (Fsp3) is 0.500. The van der Waals surface area contributed by atoms with E-state index in [0.29, 0.717) is 26.2 Å². The molecule has 0 saturated carbocycles. The Bertz CT molecular complexity index is 607. The van der Waals surface area contributed by atoms with Crippen molar-refractivity contribution in [1.82, 2.24) is 15.1 Å². The van der Waals surface area contributed by atoms with Crippen LogP contribution in [-0.4, -0.2) is 72.2 Å². The van der Waals surface area contributed by atoms with E-state index in [1.807, 2.05) is 24.3 Å². The van der Waals surface area contributed by atoms with E-state index in [2.05, 4.69) is 10.2 Å². The molecular formula is C16H21N3O4. The van der Waals surface area contributed by atoms with Crippen LogP contribution < -0.4 is 10.1 Å². The monoisotopic (exact) mass is 319 g/mol. The van der Waals surface area contributed by atoms with Crippen molar-refractivity contribution in [3.63, 3.8) is 0 Å². The smallest absolute Gasteiger partial charge is 0.248 e. The molecule has 0 radical (unpaired) electrons. The highest BCUT2D eigenvalue weighted by molar-refractivity contribution is 5.97. The summed E-state index contributed by atoms with van der Waals surface area (Å²) in [5.74, 6) is 0.412. The number of fused-ring (bicyclic) bond motifs is 1. The van der Waals surface area contributed by atoms with Crippen molar-refractivity contribution in [2.45, 2.75) is 18.6 Å². The molecular weight excluding hydrogens is 298 g/mol. The number of nitrogens with one attached hydrogen (secondary N) is 1. The average molecular weight is 319 g/mol. The van der Waals surface area contributed by atoms with Crippen LogP contribution in [0.15, 0.2) is 24.3 Å². The van der Waals surface area contributed by atoms with Gasteiger partial charge in [-0.1, -0.05) is 12.1 Å². The number of hydrogen-bond donors (Lipinski definition) is 2. The molecule has 23 heavy (non-hydrogen) atoms. The summed E-state index contributed by atoms with van der Waals surface area (Å²) in [6.07, 6.45) is 0. The number of aliphatic hydroxyl groups is 1. The zero-order valence-corrected chi connectivity index (χ0v) is 13.1. The fourth-order valence-corrected chi connectivity index (χ4v) is 3.15. The number of carbonyl (C=O) groups excluding carboxylic acids is 2. The van der Waals surface area contributed by atoms with Crippen LogP contribution >= 0.6 is 0 Å². The second kappa shape index (κ2) is 6.55. The van der Waals surface area contributed by atoms with Crippen LogP contribution in [-0.2, 0) is 16.1 Å². The minimum absolute atomic E-state index is 0.195. The van der Waals surface area contributed by atoms with Crippen LogP contribution in [0.3, 0.4) is 0 Å². The predicted molar refractivity (Wildman–Crippen MR) is 82.8 cm³/mol. The van der Waals surface area contributed by atoms with E-state index >= 15 is 0 Å². The third kappa shape index (κ3) is 3.16. The number of carbonyl (C=O) groups is 2. The number of benzene rings is 1. The normalized spacial score (nSPS) is 25.0. The highest BCUT2D eigenvalue weighted by Crippen LogP contribution is 2.19. The molecule has 2 aliphatic rings.